The molecule has 0 aliphatic carbocycles. The number of hydrogen-bond donors (Lipinski definition) is 2. The van der Waals surface area contributed by atoms with Crippen molar-refractivity contribution in [1.29, 1.82) is 0 Å². The zero-order valence-electron chi connectivity index (χ0n) is 12.1. The SMILES string of the molecule is CCCNCc1ccc(OC)c(CSC(C)CO)c1. The van der Waals surface area contributed by atoms with Gasteiger partial charge < -0.3 is 15.2 Å². The van der Waals surface area contributed by atoms with Crippen molar-refractivity contribution in [3.63, 3.8) is 0 Å². The van der Waals surface area contributed by atoms with Crippen LogP contribution >= 0.6 is 11.8 Å². The van der Waals surface area contributed by atoms with Crippen LogP contribution in [0.3, 0.4) is 0 Å². The number of hydrogen-bond acceptors (Lipinski definition) is 4. The number of rotatable bonds is 9. The molecule has 0 aliphatic rings. The van der Waals surface area contributed by atoms with Crippen LogP contribution < -0.4 is 10.1 Å². The molecule has 1 aromatic carbocycles. The Morgan fingerprint density at radius 2 is 2.21 bits per heavy atom. The lowest BCUT2D eigenvalue weighted by Crippen LogP contribution is -2.14. The zero-order valence-corrected chi connectivity index (χ0v) is 12.9. The van der Waals surface area contributed by atoms with Crippen molar-refractivity contribution in [2.45, 2.75) is 37.8 Å². The Morgan fingerprint density at radius 3 is 2.84 bits per heavy atom. The Morgan fingerprint density at radius 1 is 1.42 bits per heavy atom. The normalized spacial score (nSPS) is 12.4. The van der Waals surface area contributed by atoms with Crippen LogP contribution in [0.5, 0.6) is 5.75 Å². The van der Waals surface area contributed by atoms with Gasteiger partial charge in [-0.3, -0.25) is 0 Å². The molecule has 108 valence electrons. The van der Waals surface area contributed by atoms with Gasteiger partial charge in [-0.1, -0.05) is 19.9 Å². The van der Waals surface area contributed by atoms with Crippen LogP contribution in [0, 0.1) is 0 Å². The van der Waals surface area contributed by atoms with Crippen molar-refractivity contribution in [1.82, 2.24) is 5.32 Å². The van der Waals surface area contributed by atoms with E-state index in [1.807, 2.05) is 13.0 Å². The molecule has 0 saturated heterocycles. The monoisotopic (exact) mass is 283 g/mol. The van der Waals surface area contributed by atoms with Gasteiger partial charge in [-0.2, -0.15) is 11.8 Å². The Bertz CT molecular complexity index is 371. The average molecular weight is 283 g/mol. The summed E-state index contributed by atoms with van der Waals surface area (Å²) in [6.45, 7) is 6.34. The standard InChI is InChI=1S/C15H25NO2S/c1-4-7-16-9-13-5-6-15(18-3)14(8-13)11-19-12(2)10-17/h5-6,8,12,16-17H,4,7,9-11H2,1-3H3. The molecule has 0 spiro atoms. The molecule has 2 N–H and O–H groups in total. The summed E-state index contributed by atoms with van der Waals surface area (Å²) in [6, 6.07) is 6.33. The predicted molar refractivity (Wildman–Crippen MR) is 82.8 cm³/mol. The lowest BCUT2D eigenvalue weighted by atomic mass is 10.1. The highest BCUT2D eigenvalue weighted by Gasteiger charge is 2.07. The van der Waals surface area contributed by atoms with Crippen LogP contribution in [-0.2, 0) is 12.3 Å². The fourth-order valence-electron chi connectivity index (χ4n) is 1.75. The van der Waals surface area contributed by atoms with Crippen molar-refractivity contribution in [2.24, 2.45) is 0 Å². The molecule has 1 rings (SSSR count). The molecule has 0 radical (unpaired) electrons. The van der Waals surface area contributed by atoms with Gasteiger partial charge in [-0.05, 0) is 30.7 Å². The van der Waals surface area contributed by atoms with E-state index in [4.69, 9.17) is 9.84 Å². The summed E-state index contributed by atoms with van der Waals surface area (Å²) >= 11 is 1.75. The highest BCUT2D eigenvalue weighted by atomic mass is 32.2. The Hall–Kier alpha value is -0.710. The molecule has 0 aromatic heterocycles. The van der Waals surface area contributed by atoms with E-state index in [1.54, 1.807) is 18.9 Å². The van der Waals surface area contributed by atoms with Crippen LogP contribution in [0.25, 0.3) is 0 Å². The molecule has 19 heavy (non-hydrogen) atoms. The molecule has 1 aromatic rings. The highest BCUT2D eigenvalue weighted by Crippen LogP contribution is 2.26. The number of ether oxygens (including phenoxy) is 1. The largest absolute Gasteiger partial charge is 0.496 e. The number of aliphatic hydroxyl groups excluding tert-OH is 1. The van der Waals surface area contributed by atoms with E-state index in [2.05, 4.69) is 24.4 Å². The van der Waals surface area contributed by atoms with Gasteiger partial charge in [-0.25, -0.2) is 0 Å². The Kier molecular flexibility index (Phi) is 7.94. The van der Waals surface area contributed by atoms with E-state index in [0.29, 0.717) is 0 Å². The maximum absolute atomic E-state index is 9.08. The molecule has 0 bridgehead atoms. The Balaban J connectivity index is 2.66. The molecule has 0 aliphatic heterocycles. The molecule has 0 saturated carbocycles. The quantitative estimate of drug-likeness (QED) is 0.684. The average Bonchev–Trinajstić information content (AvgIpc) is 2.45. The van der Waals surface area contributed by atoms with Crippen LogP contribution in [0.1, 0.15) is 31.4 Å². The number of aliphatic hydroxyl groups is 1. The molecule has 0 fully saturated rings. The van der Waals surface area contributed by atoms with Gasteiger partial charge >= 0.3 is 0 Å². The van der Waals surface area contributed by atoms with E-state index < -0.39 is 0 Å². The van der Waals surface area contributed by atoms with Gasteiger partial charge in [0.05, 0.1) is 13.7 Å². The van der Waals surface area contributed by atoms with Crippen LogP contribution in [0.4, 0.5) is 0 Å². The maximum atomic E-state index is 9.08. The fraction of sp³-hybridized carbons (Fsp3) is 0.600. The van der Waals surface area contributed by atoms with E-state index in [0.717, 1.165) is 31.0 Å². The first kappa shape index (κ1) is 16.3. The van der Waals surface area contributed by atoms with Crippen molar-refractivity contribution >= 4 is 11.8 Å². The fourth-order valence-corrected chi connectivity index (χ4v) is 2.54. The molecule has 0 amide bonds. The molecule has 3 nitrogen and oxygen atoms in total. The minimum atomic E-state index is 0.213. The number of benzene rings is 1. The molecule has 0 heterocycles. The van der Waals surface area contributed by atoms with Crippen molar-refractivity contribution in [3.05, 3.63) is 29.3 Å². The lowest BCUT2D eigenvalue weighted by Gasteiger charge is -2.13. The highest BCUT2D eigenvalue weighted by molar-refractivity contribution is 7.99. The first-order chi connectivity index (χ1) is 9.21. The van der Waals surface area contributed by atoms with E-state index >= 15 is 0 Å². The zero-order chi connectivity index (χ0) is 14.1. The molecule has 4 heteroatoms. The number of nitrogens with one attached hydrogen (secondary N) is 1. The predicted octanol–water partition coefficient (Wildman–Crippen LogP) is 2.81. The van der Waals surface area contributed by atoms with Gasteiger partial charge in [0.1, 0.15) is 5.75 Å². The Labute approximate surface area is 120 Å². The molecular formula is C15H25NO2S. The van der Waals surface area contributed by atoms with Gasteiger partial charge in [-0.15, -0.1) is 0 Å². The van der Waals surface area contributed by atoms with Gasteiger partial charge in [0.15, 0.2) is 0 Å². The van der Waals surface area contributed by atoms with Crippen LogP contribution in [0.15, 0.2) is 18.2 Å². The minimum absolute atomic E-state index is 0.213. The summed E-state index contributed by atoms with van der Waals surface area (Å²) in [7, 11) is 1.70. The van der Waals surface area contributed by atoms with Crippen LogP contribution in [-0.4, -0.2) is 30.6 Å². The van der Waals surface area contributed by atoms with Crippen molar-refractivity contribution < 1.29 is 9.84 Å². The van der Waals surface area contributed by atoms with Gasteiger partial charge in [0, 0.05) is 23.1 Å². The summed E-state index contributed by atoms with van der Waals surface area (Å²) in [6.07, 6.45) is 1.15. The first-order valence-corrected chi connectivity index (χ1v) is 7.85. The third-order valence-corrected chi connectivity index (χ3v) is 4.08. The number of thioether (sulfide) groups is 1. The summed E-state index contributed by atoms with van der Waals surface area (Å²) in [5, 5.41) is 12.7. The van der Waals surface area contributed by atoms with E-state index in [9.17, 15) is 0 Å². The smallest absolute Gasteiger partial charge is 0.122 e. The third kappa shape index (κ3) is 5.85. The first-order valence-electron chi connectivity index (χ1n) is 6.80. The van der Waals surface area contributed by atoms with Gasteiger partial charge in [0.25, 0.3) is 0 Å². The second-order valence-corrected chi connectivity index (χ2v) is 6.05. The second kappa shape index (κ2) is 9.23. The summed E-state index contributed by atoms with van der Waals surface area (Å²) in [5.41, 5.74) is 2.48. The molecule has 1 atom stereocenters. The lowest BCUT2D eigenvalue weighted by molar-refractivity contribution is 0.300. The summed E-state index contributed by atoms with van der Waals surface area (Å²) in [4.78, 5) is 0. The second-order valence-electron chi connectivity index (χ2n) is 4.63. The molecular weight excluding hydrogens is 258 g/mol. The van der Waals surface area contributed by atoms with Crippen molar-refractivity contribution in [2.75, 3.05) is 20.3 Å². The van der Waals surface area contributed by atoms with E-state index in [1.165, 1.54) is 11.1 Å². The van der Waals surface area contributed by atoms with E-state index in [-0.39, 0.29) is 11.9 Å². The topological polar surface area (TPSA) is 41.5 Å². The third-order valence-electron chi connectivity index (χ3n) is 2.88. The molecule has 1 unspecified atom stereocenters. The summed E-state index contributed by atoms with van der Waals surface area (Å²) < 4.78 is 5.40. The maximum Gasteiger partial charge on any atom is 0.122 e. The summed E-state index contributed by atoms with van der Waals surface area (Å²) in [5.74, 6) is 1.80. The minimum Gasteiger partial charge on any atom is -0.496 e. The van der Waals surface area contributed by atoms with Gasteiger partial charge in [0.2, 0.25) is 0 Å². The van der Waals surface area contributed by atoms with Crippen molar-refractivity contribution in [3.8, 4) is 5.75 Å². The van der Waals surface area contributed by atoms with Crippen LogP contribution in [0.2, 0.25) is 0 Å². The number of methoxy groups -OCH3 is 1.